The molecule has 0 aromatic carbocycles. The first-order valence-electron chi connectivity index (χ1n) is 5.04. The summed E-state index contributed by atoms with van der Waals surface area (Å²) >= 11 is 0. The summed E-state index contributed by atoms with van der Waals surface area (Å²) in [5.41, 5.74) is -3.47. The molecule has 0 spiro atoms. The molecule has 0 aromatic heterocycles. The third-order valence-corrected chi connectivity index (χ3v) is 2.60. The first kappa shape index (κ1) is 16.0. The van der Waals surface area contributed by atoms with Crippen molar-refractivity contribution >= 4 is 0 Å². The minimum absolute atomic E-state index is 0.271. The van der Waals surface area contributed by atoms with Crippen LogP contribution in [0.3, 0.4) is 0 Å². The van der Waals surface area contributed by atoms with Crippen molar-refractivity contribution in [1.82, 2.24) is 0 Å². The molecular weight excluding hydrogens is 292 g/mol. The van der Waals surface area contributed by atoms with Gasteiger partial charge in [0.25, 0.3) is 6.36 Å². The van der Waals surface area contributed by atoms with Crippen LogP contribution in [-0.2, 0) is 4.74 Å². The van der Waals surface area contributed by atoms with E-state index in [0.717, 1.165) is 19.1 Å². The second-order valence-corrected chi connectivity index (χ2v) is 3.94. The van der Waals surface area contributed by atoms with Gasteiger partial charge >= 0.3 is 11.8 Å². The standard InChI is InChI=1S/C9H8F4N2O5/c1-5-3-2-4-8(14(16)17,15(18)19)6(5)20-7(10)9(11,12)13/h2-4,6-7H,1H3. The molecule has 2 unspecified atom stereocenters. The highest BCUT2D eigenvalue weighted by Gasteiger charge is 2.65. The van der Waals surface area contributed by atoms with Crippen molar-refractivity contribution in [2.75, 3.05) is 0 Å². The van der Waals surface area contributed by atoms with E-state index in [-0.39, 0.29) is 5.57 Å². The van der Waals surface area contributed by atoms with Gasteiger partial charge in [0.15, 0.2) is 0 Å². The van der Waals surface area contributed by atoms with Crippen LogP contribution in [0.15, 0.2) is 23.8 Å². The molecule has 1 aliphatic rings. The van der Waals surface area contributed by atoms with Gasteiger partial charge in [0.2, 0.25) is 6.10 Å². The zero-order chi connectivity index (χ0) is 15.7. The van der Waals surface area contributed by atoms with E-state index in [2.05, 4.69) is 4.74 Å². The van der Waals surface area contributed by atoms with Gasteiger partial charge in [-0.1, -0.05) is 12.2 Å². The van der Waals surface area contributed by atoms with Gasteiger partial charge in [-0.2, -0.15) is 13.2 Å². The number of nitro groups is 2. The van der Waals surface area contributed by atoms with E-state index >= 15 is 0 Å². The van der Waals surface area contributed by atoms with Gasteiger partial charge in [0, 0.05) is 0 Å². The molecule has 0 aromatic rings. The third-order valence-electron chi connectivity index (χ3n) is 2.60. The van der Waals surface area contributed by atoms with Crippen molar-refractivity contribution in [3.8, 4) is 0 Å². The van der Waals surface area contributed by atoms with Gasteiger partial charge in [-0.3, -0.25) is 20.2 Å². The monoisotopic (exact) mass is 300 g/mol. The molecule has 1 rings (SSSR count). The molecule has 1 aliphatic carbocycles. The highest BCUT2D eigenvalue weighted by Crippen LogP contribution is 2.34. The van der Waals surface area contributed by atoms with E-state index in [0.29, 0.717) is 6.08 Å². The molecule has 0 saturated heterocycles. The van der Waals surface area contributed by atoms with Crippen molar-refractivity contribution in [3.63, 3.8) is 0 Å². The Balaban J connectivity index is 3.23. The summed E-state index contributed by atoms with van der Waals surface area (Å²) in [6.45, 7) is 1.07. The minimum Gasteiger partial charge on any atom is -0.317 e. The van der Waals surface area contributed by atoms with E-state index in [1.165, 1.54) is 0 Å². The van der Waals surface area contributed by atoms with Crippen molar-refractivity contribution in [3.05, 3.63) is 44.0 Å². The Bertz CT molecular complexity index is 473. The molecule has 0 fully saturated rings. The number of halogens is 4. The van der Waals surface area contributed by atoms with E-state index in [9.17, 15) is 37.8 Å². The number of hydrogen-bond donors (Lipinski definition) is 0. The third kappa shape index (κ3) is 2.61. The van der Waals surface area contributed by atoms with Crippen LogP contribution >= 0.6 is 0 Å². The Morgan fingerprint density at radius 1 is 1.35 bits per heavy atom. The average molecular weight is 300 g/mol. The normalized spacial score (nSPS) is 23.1. The molecule has 0 N–H and O–H groups in total. The maximum absolute atomic E-state index is 12.9. The lowest BCUT2D eigenvalue weighted by Gasteiger charge is -2.27. The van der Waals surface area contributed by atoms with Gasteiger partial charge < -0.3 is 4.74 Å². The van der Waals surface area contributed by atoms with Crippen molar-refractivity contribution in [2.24, 2.45) is 0 Å². The number of ether oxygens (including phenoxy) is 1. The topological polar surface area (TPSA) is 95.5 Å². The Labute approximate surface area is 108 Å². The van der Waals surface area contributed by atoms with Gasteiger partial charge in [-0.25, -0.2) is 4.39 Å². The van der Waals surface area contributed by atoms with Crippen LogP contribution in [-0.4, -0.2) is 34.1 Å². The summed E-state index contributed by atoms with van der Waals surface area (Å²) in [5, 5.41) is 21.8. The van der Waals surface area contributed by atoms with E-state index < -0.39 is 34.1 Å². The maximum atomic E-state index is 12.9. The first-order valence-corrected chi connectivity index (χ1v) is 5.04. The van der Waals surface area contributed by atoms with Crippen LogP contribution in [0, 0.1) is 20.2 Å². The summed E-state index contributed by atoms with van der Waals surface area (Å²) in [7, 11) is 0. The van der Waals surface area contributed by atoms with Crippen LogP contribution in [0.4, 0.5) is 17.6 Å². The zero-order valence-electron chi connectivity index (χ0n) is 9.83. The maximum Gasteiger partial charge on any atom is 0.506 e. The molecule has 2 atom stereocenters. The highest BCUT2D eigenvalue weighted by atomic mass is 19.4. The Hall–Kier alpha value is -2.04. The average Bonchev–Trinajstić information content (AvgIpc) is 2.29. The lowest BCUT2D eigenvalue weighted by atomic mass is 9.92. The summed E-state index contributed by atoms with van der Waals surface area (Å²) in [4.78, 5) is 19.0. The Morgan fingerprint density at radius 3 is 2.25 bits per heavy atom. The minimum atomic E-state index is -5.44. The van der Waals surface area contributed by atoms with Crippen LogP contribution in [0.25, 0.3) is 0 Å². The van der Waals surface area contributed by atoms with Gasteiger partial charge in [-0.05, 0) is 12.5 Å². The molecule has 0 amide bonds. The fraction of sp³-hybridized carbons (Fsp3) is 0.556. The first-order chi connectivity index (χ1) is 9.03. The summed E-state index contributed by atoms with van der Waals surface area (Å²) < 4.78 is 53.1. The second-order valence-electron chi connectivity index (χ2n) is 3.94. The second kappa shape index (κ2) is 5.15. The lowest BCUT2D eigenvalue weighted by Crippen LogP contribution is -2.58. The molecule has 20 heavy (non-hydrogen) atoms. The van der Waals surface area contributed by atoms with Crippen LogP contribution in [0.5, 0.6) is 0 Å². The molecular formula is C9H8F4N2O5. The molecule has 0 heterocycles. The molecule has 11 heteroatoms. The lowest BCUT2D eigenvalue weighted by molar-refractivity contribution is -0.790. The Morgan fingerprint density at radius 2 is 1.85 bits per heavy atom. The van der Waals surface area contributed by atoms with Gasteiger partial charge in [0.1, 0.15) is 9.85 Å². The fourth-order valence-electron chi connectivity index (χ4n) is 1.64. The molecule has 7 nitrogen and oxygen atoms in total. The van der Waals surface area contributed by atoms with Gasteiger partial charge in [0.05, 0.1) is 6.08 Å². The quantitative estimate of drug-likeness (QED) is 0.342. The molecule has 112 valence electrons. The zero-order valence-corrected chi connectivity index (χ0v) is 9.83. The van der Waals surface area contributed by atoms with Crippen LogP contribution in [0.1, 0.15) is 6.92 Å². The predicted octanol–water partition coefficient (Wildman–Crippen LogP) is 2.00. The van der Waals surface area contributed by atoms with Crippen molar-refractivity contribution < 1.29 is 32.1 Å². The predicted molar refractivity (Wildman–Crippen MR) is 55.4 cm³/mol. The number of allylic oxidation sites excluding steroid dienone is 2. The fourth-order valence-corrected chi connectivity index (χ4v) is 1.64. The number of hydrogen-bond acceptors (Lipinski definition) is 5. The molecule has 0 radical (unpaired) electrons. The van der Waals surface area contributed by atoms with Gasteiger partial charge in [-0.15, -0.1) is 0 Å². The summed E-state index contributed by atoms with van der Waals surface area (Å²) in [6, 6.07) is 0. The highest BCUT2D eigenvalue weighted by molar-refractivity contribution is 5.26. The van der Waals surface area contributed by atoms with E-state index in [1.807, 2.05) is 0 Å². The molecule has 0 saturated carbocycles. The molecule has 0 bridgehead atoms. The van der Waals surface area contributed by atoms with E-state index in [1.54, 1.807) is 0 Å². The Kier molecular flexibility index (Phi) is 4.12. The summed E-state index contributed by atoms with van der Waals surface area (Å²) in [6.07, 6.45) is -9.18. The number of rotatable bonds is 4. The smallest absolute Gasteiger partial charge is 0.317 e. The van der Waals surface area contributed by atoms with Crippen LogP contribution in [0.2, 0.25) is 0 Å². The van der Waals surface area contributed by atoms with Crippen molar-refractivity contribution in [2.45, 2.75) is 31.2 Å². The van der Waals surface area contributed by atoms with Crippen molar-refractivity contribution in [1.29, 1.82) is 0 Å². The summed E-state index contributed by atoms with van der Waals surface area (Å²) in [5.74, 6) is 0. The number of nitrogens with zero attached hydrogens (tertiary/aromatic N) is 2. The largest absolute Gasteiger partial charge is 0.506 e. The van der Waals surface area contributed by atoms with E-state index in [4.69, 9.17) is 0 Å². The molecule has 0 aliphatic heterocycles. The van der Waals surface area contributed by atoms with Crippen LogP contribution < -0.4 is 0 Å². The SMILES string of the molecule is CC1=CC=CC([N+](=O)[O-])([N+](=O)[O-])C1OC(F)C(F)(F)F. The number of alkyl halides is 4.